The Hall–Kier alpha value is -3.28. The first kappa shape index (κ1) is 15.3. The van der Waals surface area contributed by atoms with Crippen LogP contribution in [0.4, 0.5) is 11.4 Å². The van der Waals surface area contributed by atoms with Gasteiger partial charge in [0.2, 0.25) is 18.6 Å². The quantitative estimate of drug-likeness (QED) is 0.845. The van der Waals surface area contributed by atoms with E-state index >= 15 is 0 Å². The zero-order valence-corrected chi connectivity index (χ0v) is 13.4. The van der Waals surface area contributed by atoms with Crippen LogP contribution in [-0.2, 0) is 16.0 Å². The van der Waals surface area contributed by atoms with E-state index in [9.17, 15) is 9.59 Å². The molecule has 2 aliphatic rings. The summed E-state index contributed by atoms with van der Waals surface area (Å²) in [5, 5.41) is 5.65. The summed E-state index contributed by atoms with van der Waals surface area (Å²) in [7, 11) is 0. The van der Waals surface area contributed by atoms with Crippen LogP contribution in [0.5, 0.6) is 11.5 Å². The molecule has 0 fully saturated rings. The minimum absolute atomic E-state index is 0.0240. The van der Waals surface area contributed by atoms with Crippen molar-refractivity contribution in [1.82, 2.24) is 0 Å². The molecule has 2 amide bonds. The minimum atomic E-state index is -0.225. The SMILES string of the molecule is O=C(/C=C/c1ccc2c(c1)OCO2)Nc1ccc2c(c1)CCC(=O)N2. The Balaban J connectivity index is 1.43. The molecule has 0 aromatic heterocycles. The van der Waals surface area contributed by atoms with Crippen molar-refractivity contribution in [2.45, 2.75) is 12.8 Å². The number of benzene rings is 2. The molecule has 25 heavy (non-hydrogen) atoms. The molecule has 6 heteroatoms. The summed E-state index contributed by atoms with van der Waals surface area (Å²) in [6.07, 6.45) is 4.33. The standard InChI is InChI=1S/C19H16N2O4/c22-18(7-2-12-1-6-16-17(9-12)25-11-24-16)20-14-4-5-15-13(10-14)3-8-19(23)21-15/h1-2,4-7,9-10H,3,8,11H2,(H,20,22)(H,21,23)/b7-2+. The molecule has 2 heterocycles. The molecule has 2 aromatic rings. The zero-order chi connectivity index (χ0) is 17.2. The van der Waals surface area contributed by atoms with Crippen LogP contribution in [0.1, 0.15) is 17.5 Å². The molecular weight excluding hydrogens is 320 g/mol. The van der Waals surface area contributed by atoms with Crippen LogP contribution in [0.15, 0.2) is 42.5 Å². The lowest BCUT2D eigenvalue weighted by Crippen LogP contribution is -2.19. The average Bonchev–Trinajstić information content (AvgIpc) is 3.08. The summed E-state index contributed by atoms with van der Waals surface area (Å²) in [6.45, 7) is 0.224. The summed E-state index contributed by atoms with van der Waals surface area (Å²) < 4.78 is 10.6. The smallest absolute Gasteiger partial charge is 0.248 e. The fraction of sp³-hybridized carbons (Fsp3) is 0.158. The van der Waals surface area contributed by atoms with Gasteiger partial charge in [-0.05, 0) is 54.0 Å². The average molecular weight is 336 g/mol. The summed E-state index contributed by atoms with van der Waals surface area (Å²) in [5.74, 6) is 1.19. The van der Waals surface area contributed by atoms with E-state index in [1.165, 1.54) is 6.08 Å². The number of ether oxygens (including phenoxy) is 2. The van der Waals surface area contributed by atoms with Gasteiger partial charge >= 0.3 is 0 Å². The maximum absolute atomic E-state index is 12.1. The molecule has 2 aromatic carbocycles. The van der Waals surface area contributed by atoms with Gasteiger partial charge in [0.1, 0.15) is 0 Å². The van der Waals surface area contributed by atoms with Crippen LogP contribution in [0.3, 0.4) is 0 Å². The van der Waals surface area contributed by atoms with Gasteiger partial charge < -0.3 is 20.1 Å². The van der Waals surface area contributed by atoms with Gasteiger partial charge in [0.15, 0.2) is 11.5 Å². The van der Waals surface area contributed by atoms with Crippen LogP contribution in [0.25, 0.3) is 6.08 Å². The predicted molar refractivity (Wildman–Crippen MR) is 93.6 cm³/mol. The number of fused-ring (bicyclic) bond motifs is 2. The third-order valence-electron chi connectivity index (χ3n) is 4.09. The molecule has 126 valence electrons. The normalized spacial score (nSPS) is 15.0. The lowest BCUT2D eigenvalue weighted by Gasteiger charge is -2.17. The topological polar surface area (TPSA) is 76.7 Å². The summed E-state index contributed by atoms with van der Waals surface area (Å²) in [4.78, 5) is 23.5. The monoisotopic (exact) mass is 336 g/mol. The molecule has 0 unspecified atom stereocenters. The largest absolute Gasteiger partial charge is 0.454 e. The number of rotatable bonds is 3. The Labute approximate surface area is 144 Å². The fourth-order valence-corrected chi connectivity index (χ4v) is 2.83. The number of amides is 2. The molecule has 0 aliphatic carbocycles. The zero-order valence-electron chi connectivity index (χ0n) is 13.4. The van der Waals surface area contributed by atoms with Crippen molar-refractivity contribution in [1.29, 1.82) is 0 Å². The Morgan fingerprint density at radius 1 is 1.08 bits per heavy atom. The van der Waals surface area contributed by atoms with Crippen molar-refractivity contribution >= 4 is 29.3 Å². The van der Waals surface area contributed by atoms with Crippen molar-refractivity contribution in [3.8, 4) is 11.5 Å². The first-order valence-corrected chi connectivity index (χ1v) is 7.99. The van der Waals surface area contributed by atoms with Gasteiger partial charge in [0, 0.05) is 23.9 Å². The number of hydrogen-bond donors (Lipinski definition) is 2. The van der Waals surface area contributed by atoms with E-state index in [4.69, 9.17) is 9.47 Å². The number of nitrogens with one attached hydrogen (secondary N) is 2. The second kappa shape index (κ2) is 6.32. The highest BCUT2D eigenvalue weighted by Gasteiger charge is 2.15. The third-order valence-corrected chi connectivity index (χ3v) is 4.09. The molecule has 0 bridgehead atoms. The lowest BCUT2D eigenvalue weighted by atomic mass is 10.0. The van der Waals surface area contributed by atoms with Gasteiger partial charge in [0.25, 0.3) is 0 Å². The fourth-order valence-electron chi connectivity index (χ4n) is 2.83. The van der Waals surface area contributed by atoms with Crippen LogP contribution in [0.2, 0.25) is 0 Å². The maximum atomic E-state index is 12.1. The molecule has 6 nitrogen and oxygen atoms in total. The van der Waals surface area contributed by atoms with E-state index in [1.807, 2.05) is 30.3 Å². The number of carbonyl (C=O) groups excluding carboxylic acids is 2. The first-order valence-electron chi connectivity index (χ1n) is 7.99. The van der Waals surface area contributed by atoms with Gasteiger partial charge in [0.05, 0.1) is 0 Å². The summed E-state index contributed by atoms with van der Waals surface area (Å²) >= 11 is 0. The molecule has 0 saturated carbocycles. The molecule has 2 N–H and O–H groups in total. The highest BCUT2D eigenvalue weighted by molar-refractivity contribution is 6.02. The second-order valence-corrected chi connectivity index (χ2v) is 5.86. The van der Waals surface area contributed by atoms with Gasteiger partial charge in [-0.15, -0.1) is 0 Å². The number of hydrogen-bond acceptors (Lipinski definition) is 4. The summed E-state index contributed by atoms with van der Waals surface area (Å²) in [5.41, 5.74) is 3.39. The summed E-state index contributed by atoms with van der Waals surface area (Å²) in [6, 6.07) is 11.0. The maximum Gasteiger partial charge on any atom is 0.248 e. The van der Waals surface area contributed by atoms with E-state index < -0.39 is 0 Å². The molecule has 2 aliphatic heterocycles. The van der Waals surface area contributed by atoms with Crippen LogP contribution < -0.4 is 20.1 Å². The lowest BCUT2D eigenvalue weighted by molar-refractivity contribution is -0.116. The number of anilines is 2. The van der Waals surface area contributed by atoms with Crippen molar-refractivity contribution in [2.24, 2.45) is 0 Å². The Morgan fingerprint density at radius 3 is 2.88 bits per heavy atom. The van der Waals surface area contributed by atoms with Crippen molar-refractivity contribution in [3.05, 3.63) is 53.6 Å². The second-order valence-electron chi connectivity index (χ2n) is 5.86. The number of aryl methyl sites for hydroxylation is 1. The van der Waals surface area contributed by atoms with Gasteiger partial charge in [-0.3, -0.25) is 9.59 Å². The highest BCUT2D eigenvalue weighted by Crippen LogP contribution is 2.32. The Morgan fingerprint density at radius 2 is 1.96 bits per heavy atom. The van der Waals surface area contributed by atoms with Gasteiger partial charge in [-0.25, -0.2) is 0 Å². The molecule has 4 rings (SSSR count). The van der Waals surface area contributed by atoms with Crippen molar-refractivity contribution in [2.75, 3.05) is 17.4 Å². The first-order chi connectivity index (χ1) is 12.2. The number of carbonyl (C=O) groups is 2. The van der Waals surface area contributed by atoms with Crippen LogP contribution in [-0.4, -0.2) is 18.6 Å². The van der Waals surface area contributed by atoms with Crippen molar-refractivity contribution in [3.63, 3.8) is 0 Å². The third kappa shape index (κ3) is 3.33. The molecule has 0 radical (unpaired) electrons. The van der Waals surface area contributed by atoms with Crippen LogP contribution >= 0.6 is 0 Å². The van der Waals surface area contributed by atoms with Gasteiger partial charge in [-0.1, -0.05) is 6.07 Å². The van der Waals surface area contributed by atoms with Gasteiger partial charge in [-0.2, -0.15) is 0 Å². The van der Waals surface area contributed by atoms with E-state index in [1.54, 1.807) is 12.1 Å². The Kier molecular flexibility index (Phi) is 3.85. The van der Waals surface area contributed by atoms with E-state index in [0.717, 1.165) is 16.8 Å². The molecule has 0 atom stereocenters. The Bertz CT molecular complexity index is 889. The molecule has 0 spiro atoms. The van der Waals surface area contributed by atoms with E-state index in [0.29, 0.717) is 30.0 Å². The predicted octanol–water partition coefficient (Wildman–Crippen LogP) is 2.95. The van der Waals surface area contributed by atoms with Crippen LogP contribution in [0, 0.1) is 0 Å². The van der Waals surface area contributed by atoms with E-state index in [-0.39, 0.29) is 18.6 Å². The minimum Gasteiger partial charge on any atom is -0.454 e. The van der Waals surface area contributed by atoms with E-state index in [2.05, 4.69) is 10.6 Å². The highest BCUT2D eigenvalue weighted by atomic mass is 16.7. The van der Waals surface area contributed by atoms with Crippen molar-refractivity contribution < 1.29 is 19.1 Å². The molecular formula is C19H16N2O4. The molecule has 0 saturated heterocycles.